The van der Waals surface area contributed by atoms with Gasteiger partial charge in [-0.1, -0.05) is 36.7 Å². The molecule has 0 spiro atoms. The van der Waals surface area contributed by atoms with Crippen LogP contribution in [0.4, 0.5) is 4.39 Å². The predicted octanol–water partition coefficient (Wildman–Crippen LogP) is 4.63. The summed E-state index contributed by atoms with van der Waals surface area (Å²) in [6.45, 7) is 7.72. The van der Waals surface area contributed by atoms with Crippen LogP contribution in [-0.4, -0.2) is 32.8 Å². The molecule has 4 fully saturated rings. The summed E-state index contributed by atoms with van der Waals surface area (Å²) in [7, 11) is 0. The molecule has 0 saturated heterocycles. The molecule has 152 valence electrons. The van der Waals surface area contributed by atoms with Crippen LogP contribution >= 0.6 is 15.9 Å². The highest BCUT2D eigenvalue weighted by atomic mass is 79.9. The number of halogens is 2. The van der Waals surface area contributed by atoms with Gasteiger partial charge in [-0.05, 0) is 68.1 Å². The van der Waals surface area contributed by atoms with Gasteiger partial charge in [-0.25, -0.2) is 4.39 Å². The van der Waals surface area contributed by atoms with Gasteiger partial charge in [0.2, 0.25) is 0 Å². The molecule has 0 aromatic carbocycles. The number of rotatable bonds is 1. The van der Waals surface area contributed by atoms with Crippen LogP contribution in [0.1, 0.15) is 72.6 Å². The summed E-state index contributed by atoms with van der Waals surface area (Å²) in [4.78, 5) is 24.6. The summed E-state index contributed by atoms with van der Waals surface area (Å²) in [6, 6.07) is 0. The fourth-order valence-corrected chi connectivity index (χ4v) is 9.06. The molecule has 0 bridgehead atoms. The quantitative estimate of drug-likeness (QED) is 0.602. The lowest BCUT2D eigenvalue weighted by molar-refractivity contribution is -0.175. The minimum Gasteiger partial charge on any atom is -0.381 e. The van der Waals surface area contributed by atoms with Crippen molar-refractivity contribution in [2.24, 2.45) is 34.5 Å². The maximum Gasteiger partial charge on any atom is 0.162 e. The fourth-order valence-electron chi connectivity index (χ4n) is 8.07. The van der Waals surface area contributed by atoms with Crippen molar-refractivity contribution >= 4 is 27.5 Å². The summed E-state index contributed by atoms with van der Waals surface area (Å²) in [5.41, 5.74) is -2.04. The number of hydrogen-bond donors (Lipinski definition) is 1. The van der Waals surface area contributed by atoms with E-state index in [1.165, 1.54) is 6.92 Å². The number of aliphatic hydroxyl groups is 1. The van der Waals surface area contributed by atoms with Crippen molar-refractivity contribution in [3.63, 3.8) is 0 Å². The third-order valence-corrected chi connectivity index (χ3v) is 11.4. The van der Waals surface area contributed by atoms with E-state index < -0.39 is 21.5 Å². The molecular weight excluding hydrogens is 411 g/mol. The van der Waals surface area contributed by atoms with Gasteiger partial charge in [-0.15, -0.1) is 0 Å². The first-order chi connectivity index (χ1) is 12.4. The largest absolute Gasteiger partial charge is 0.381 e. The lowest BCUT2D eigenvalue weighted by Crippen LogP contribution is -2.65. The van der Waals surface area contributed by atoms with Crippen LogP contribution in [0.25, 0.3) is 0 Å². The van der Waals surface area contributed by atoms with Crippen molar-refractivity contribution in [3.05, 3.63) is 0 Å². The van der Waals surface area contributed by atoms with Gasteiger partial charge < -0.3 is 5.11 Å². The van der Waals surface area contributed by atoms with Crippen LogP contribution in [0.5, 0.6) is 0 Å². The van der Waals surface area contributed by atoms with E-state index in [0.29, 0.717) is 18.8 Å². The predicted molar refractivity (Wildman–Crippen MR) is 105 cm³/mol. The average molecular weight is 443 g/mol. The molecule has 27 heavy (non-hydrogen) atoms. The molecule has 4 aliphatic carbocycles. The third kappa shape index (κ3) is 2.22. The van der Waals surface area contributed by atoms with E-state index in [0.717, 1.165) is 25.7 Å². The number of Topliss-reactive ketones (excluding diaryl/α,β-unsaturated/α-hetero) is 2. The van der Waals surface area contributed by atoms with Crippen LogP contribution in [0.2, 0.25) is 0 Å². The molecule has 0 aliphatic heterocycles. The van der Waals surface area contributed by atoms with Crippen molar-refractivity contribution < 1.29 is 19.1 Å². The van der Waals surface area contributed by atoms with E-state index in [9.17, 15) is 14.7 Å². The zero-order valence-electron chi connectivity index (χ0n) is 16.9. The Balaban J connectivity index is 1.75. The van der Waals surface area contributed by atoms with Crippen LogP contribution < -0.4 is 0 Å². The molecule has 4 aliphatic rings. The molecule has 0 radical (unpaired) electrons. The second-order valence-electron chi connectivity index (χ2n) is 10.5. The number of ketones is 2. The Hall–Kier alpha value is -0.290. The van der Waals surface area contributed by atoms with Crippen molar-refractivity contribution in [1.82, 2.24) is 0 Å². The summed E-state index contributed by atoms with van der Waals surface area (Å²) in [6.07, 6.45) is 3.38. The first-order valence-corrected chi connectivity index (χ1v) is 11.3. The van der Waals surface area contributed by atoms with E-state index >= 15 is 4.39 Å². The number of carbonyl (C=O) groups is 2. The number of carbonyl (C=O) groups excluding carboxylic acids is 2. The molecule has 0 unspecified atom stereocenters. The van der Waals surface area contributed by atoms with E-state index in [-0.39, 0.29) is 41.2 Å². The SMILES string of the molecule is CC(=O)[C@]1(O)[C@H](C)C[C@H]2[C@@H]3C[C@@H](F)[C@@]4(Br)CC(=O)CC[C@]4(C)[C@H]3CC[C@@]21C. The van der Waals surface area contributed by atoms with E-state index in [4.69, 9.17) is 0 Å². The second-order valence-corrected chi connectivity index (χ2v) is 11.9. The Bertz CT molecular complexity index is 697. The van der Waals surface area contributed by atoms with Crippen molar-refractivity contribution in [3.8, 4) is 0 Å². The number of hydrogen-bond acceptors (Lipinski definition) is 3. The van der Waals surface area contributed by atoms with Gasteiger partial charge in [0.25, 0.3) is 0 Å². The Morgan fingerprint density at radius 3 is 2.48 bits per heavy atom. The Morgan fingerprint density at radius 1 is 1.19 bits per heavy atom. The second kappa shape index (κ2) is 5.87. The molecule has 3 nitrogen and oxygen atoms in total. The lowest BCUT2D eigenvalue weighted by Gasteiger charge is -2.64. The molecule has 4 rings (SSSR count). The van der Waals surface area contributed by atoms with Crippen LogP contribution in [0.15, 0.2) is 0 Å². The van der Waals surface area contributed by atoms with Crippen molar-refractivity contribution in [2.45, 2.75) is 88.7 Å². The Morgan fingerprint density at radius 2 is 1.85 bits per heavy atom. The summed E-state index contributed by atoms with van der Waals surface area (Å²) in [5.74, 6) is 0.569. The third-order valence-electron chi connectivity index (χ3n) is 9.68. The normalized spacial score (nSPS) is 57.6. The van der Waals surface area contributed by atoms with Gasteiger partial charge in [-0.2, -0.15) is 0 Å². The zero-order valence-corrected chi connectivity index (χ0v) is 18.4. The first-order valence-electron chi connectivity index (χ1n) is 10.5. The van der Waals surface area contributed by atoms with Crippen molar-refractivity contribution in [2.75, 3.05) is 0 Å². The molecule has 0 amide bonds. The molecule has 9 atom stereocenters. The van der Waals surface area contributed by atoms with Crippen LogP contribution in [0, 0.1) is 34.5 Å². The van der Waals surface area contributed by atoms with Gasteiger partial charge in [0.15, 0.2) is 5.78 Å². The molecule has 4 saturated carbocycles. The lowest BCUT2D eigenvalue weighted by atomic mass is 9.44. The summed E-state index contributed by atoms with van der Waals surface area (Å²) in [5, 5.41) is 11.4. The maximum absolute atomic E-state index is 15.6. The van der Waals surface area contributed by atoms with Gasteiger partial charge in [0.1, 0.15) is 17.6 Å². The fraction of sp³-hybridized carbons (Fsp3) is 0.909. The van der Waals surface area contributed by atoms with Crippen LogP contribution in [0.3, 0.4) is 0 Å². The minimum atomic E-state index is -1.30. The minimum absolute atomic E-state index is 0.0989. The first kappa shape index (κ1) is 20.0. The molecule has 5 heteroatoms. The monoisotopic (exact) mass is 442 g/mol. The van der Waals surface area contributed by atoms with E-state index in [1.54, 1.807) is 0 Å². The summed E-state index contributed by atoms with van der Waals surface area (Å²) < 4.78 is 14.8. The highest BCUT2D eigenvalue weighted by Crippen LogP contribution is 2.71. The Labute approximate surface area is 170 Å². The number of fused-ring (bicyclic) bond motifs is 5. The smallest absolute Gasteiger partial charge is 0.162 e. The molecular formula is C22H32BrFO3. The van der Waals surface area contributed by atoms with E-state index in [1.807, 2.05) is 6.92 Å². The van der Waals surface area contributed by atoms with E-state index in [2.05, 4.69) is 29.8 Å². The van der Waals surface area contributed by atoms with Crippen molar-refractivity contribution in [1.29, 1.82) is 0 Å². The summed E-state index contributed by atoms with van der Waals surface area (Å²) >= 11 is 3.74. The average Bonchev–Trinajstić information content (AvgIpc) is 2.80. The van der Waals surface area contributed by atoms with Gasteiger partial charge in [-0.3, -0.25) is 9.59 Å². The number of alkyl halides is 2. The standard InChI is InChI=1S/C22H32BrFO3/c1-12-9-17-15-10-18(24)21(23)11-14(26)5-7-19(21,3)16(15)6-8-20(17,4)22(12,27)13(2)25/h12,15-18,27H,5-11H2,1-4H3/t12-,15-,16+,17+,18-,19-,20+,21+,22-/m1/s1. The van der Waals surface area contributed by atoms with Gasteiger partial charge in [0, 0.05) is 18.3 Å². The maximum atomic E-state index is 15.6. The zero-order chi connectivity index (χ0) is 20.0. The van der Waals surface area contributed by atoms with Gasteiger partial charge >= 0.3 is 0 Å². The molecule has 0 aromatic rings. The highest BCUT2D eigenvalue weighted by molar-refractivity contribution is 9.10. The Kier molecular flexibility index (Phi) is 4.35. The molecule has 0 aromatic heterocycles. The molecule has 1 N–H and O–H groups in total. The topological polar surface area (TPSA) is 54.4 Å². The highest BCUT2D eigenvalue weighted by Gasteiger charge is 2.71. The molecule has 0 heterocycles. The van der Waals surface area contributed by atoms with Crippen LogP contribution in [-0.2, 0) is 9.59 Å². The van der Waals surface area contributed by atoms with Gasteiger partial charge in [0.05, 0.1) is 4.32 Å².